The van der Waals surface area contributed by atoms with Crippen LogP contribution in [0.5, 0.6) is 0 Å². The number of carbonyl (C=O) groups excluding carboxylic acids is 7. The van der Waals surface area contributed by atoms with Gasteiger partial charge in [-0.1, -0.05) is 74.9 Å². The summed E-state index contributed by atoms with van der Waals surface area (Å²) in [6, 6.07) is 16.7. The normalized spacial score (nSPS) is 13.9. The topological polar surface area (TPSA) is 282 Å². The first-order chi connectivity index (χ1) is 34.6. The quantitative estimate of drug-likeness (QED) is 0.0248. The van der Waals surface area contributed by atoms with Gasteiger partial charge in [0, 0.05) is 34.7 Å². The van der Waals surface area contributed by atoms with Crippen molar-refractivity contribution in [1.29, 1.82) is 0 Å². The van der Waals surface area contributed by atoms with E-state index in [1.807, 2.05) is 55.5 Å². The van der Waals surface area contributed by atoms with E-state index in [4.69, 9.17) is 18.9 Å². The van der Waals surface area contributed by atoms with Crippen LogP contribution in [0.4, 0.5) is 20.1 Å². The minimum absolute atomic E-state index is 0.0404. The van der Waals surface area contributed by atoms with Gasteiger partial charge in [-0.15, -0.1) is 11.8 Å². The predicted octanol–water partition coefficient (Wildman–Crippen LogP) is 7.14. The number of rotatable bonds is 20. The Kier molecular flexibility index (Phi) is 19.2. The Hall–Kier alpha value is -7.29. The molecule has 4 aromatic rings. The summed E-state index contributed by atoms with van der Waals surface area (Å²) in [6.07, 6.45) is -2.28. The van der Waals surface area contributed by atoms with Crippen LogP contribution >= 0.6 is 11.8 Å². The second-order valence-electron chi connectivity index (χ2n) is 20.9. The van der Waals surface area contributed by atoms with Crippen molar-refractivity contribution in [2.75, 3.05) is 30.8 Å². The Bertz CT molecular complexity index is 2680. The molecule has 3 aromatic carbocycles. The van der Waals surface area contributed by atoms with Gasteiger partial charge < -0.3 is 55.6 Å². The molecule has 0 radical (unpaired) electrons. The molecule has 8 N–H and O–H groups in total. The van der Waals surface area contributed by atoms with E-state index < -0.39 is 102 Å². The van der Waals surface area contributed by atoms with Crippen molar-refractivity contribution < 1.29 is 62.4 Å². The van der Waals surface area contributed by atoms with Crippen molar-refractivity contribution in [3.05, 3.63) is 83.4 Å². The number of H-pyrrole nitrogens is 1. The third kappa shape index (κ3) is 16.9. The molecule has 0 saturated heterocycles. The van der Waals surface area contributed by atoms with Crippen molar-refractivity contribution in [3.63, 3.8) is 0 Å². The number of aromatic amines is 1. The Morgan fingerprint density at radius 3 is 1.84 bits per heavy atom. The smallest absolute Gasteiger partial charge is 0.412 e. The molecule has 0 aliphatic heterocycles. The summed E-state index contributed by atoms with van der Waals surface area (Å²) in [5, 5.41) is 26.5. The molecule has 1 aromatic heterocycles. The van der Waals surface area contributed by atoms with Crippen molar-refractivity contribution in [2.45, 2.75) is 135 Å². The molecule has 6 amide bonds. The van der Waals surface area contributed by atoms with Crippen LogP contribution in [0.25, 0.3) is 22.0 Å². The number of thioether (sulfide) groups is 1. The molecule has 21 heteroatoms. The molecule has 0 saturated carbocycles. The molecule has 1 heterocycles. The number of aromatic nitrogens is 1. The van der Waals surface area contributed by atoms with Crippen LogP contribution in [0.15, 0.2) is 71.8 Å². The van der Waals surface area contributed by atoms with Crippen LogP contribution < -0.4 is 31.9 Å². The molecule has 4 atom stereocenters. The van der Waals surface area contributed by atoms with E-state index in [0.717, 1.165) is 34.0 Å². The number of aliphatic carboxylic acids is 1. The summed E-state index contributed by atoms with van der Waals surface area (Å²) in [5.41, 5.74) is 2.73. The van der Waals surface area contributed by atoms with Crippen LogP contribution in [-0.2, 0) is 49.3 Å². The first kappa shape index (κ1) is 57.6. The zero-order valence-electron chi connectivity index (χ0n) is 43.7. The molecule has 0 spiro atoms. The van der Waals surface area contributed by atoms with Crippen LogP contribution in [0.3, 0.4) is 0 Å². The Morgan fingerprint density at radius 1 is 0.689 bits per heavy atom. The lowest BCUT2D eigenvalue weighted by Crippen LogP contribution is -2.54. The minimum atomic E-state index is -1.48. The van der Waals surface area contributed by atoms with Gasteiger partial charge >= 0.3 is 30.2 Å². The van der Waals surface area contributed by atoms with Crippen LogP contribution in [0, 0.1) is 5.92 Å². The standard InChI is InChI=1S/C53H69N7O13S/c1-12-29(2)43(60-42(62)26-55-48(67)70-27-37-33-19-15-13-17-31(33)32-18-14-16-20-34(32)37)44(63)54-25-41(61)57-40(47(66)71-51(3,4)5)28-74-45-36(24-39(46(64)65)59-50(69)73-53(9,10)11)35-22-21-30(23-38(35)58-45)56-49(68)72-52(6,7)8/h13-23,29,37,39-40,43,58H,12,24-28H2,1-11H3,(H,54,63)(H,55,67)(H,56,68)(H,57,61)(H,59,69)(H,60,62)(H,64,65)/t29-,39-,40-,43-/m0/s1. The van der Waals surface area contributed by atoms with Crippen molar-refractivity contribution in [1.82, 2.24) is 31.6 Å². The number of hydrogen-bond acceptors (Lipinski definition) is 13. The van der Waals surface area contributed by atoms with E-state index in [0.29, 0.717) is 33.6 Å². The maximum atomic E-state index is 13.7. The van der Waals surface area contributed by atoms with Crippen LogP contribution in [-0.4, -0.2) is 118 Å². The average molecular weight is 1040 g/mol. The molecule has 400 valence electrons. The summed E-state index contributed by atoms with van der Waals surface area (Å²) in [5.74, 6) is -5.07. The molecule has 20 nitrogen and oxygen atoms in total. The number of fused-ring (bicyclic) bond motifs is 4. The van der Waals surface area contributed by atoms with Crippen molar-refractivity contribution in [3.8, 4) is 11.1 Å². The molecular weight excluding hydrogens is 975 g/mol. The Balaban J connectivity index is 1.25. The fourth-order valence-corrected chi connectivity index (χ4v) is 8.97. The highest BCUT2D eigenvalue weighted by Crippen LogP contribution is 2.44. The molecule has 0 bridgehead atoms. The van der Waals surface area contributed by atoms with Gasteiger partial charge in [-0.25, -0.2) is 24.0 Å². The number of carboxylic acids is 1. The largest absolute Gasteiger partial charge is 0.480 e. The van der Waals surface area contributed by atoms with Gasteiger partial charge in [-0.05, 0) is 108 Å². The maximum Gasteiger partial charge on any atom is 0.412 e. The first-order valence-electron chi connectivity index (χ1n) is 24.3. The maximum absolute atomic E-state index is 13.7. The van der Waals surface area contributed by atoms with Gasteiger partial charge in [0.05, 0.1) is 11.6 Å². The molecule has 1 aliphatic carbocycles. The van der Waals surface area contributed by atoms with E-state index in [2.05, 4.69) is 36.9 Å². The average Bonchev–Trinajstić information content (AvgIpc) is 3.81. The molecule has 0 unspecified atom stereocenters. The van der Waals surface area contributed by atoms with Crippen molar-refractivity contribution >= 4 is 76.3 Å². The summed E-state index contributed by atoms with van der Waals surface area (Å²) < 4.78 is 21.9. The SMILES string of the molecule is CC[C@H](C)[C@H](NC(=O)CNC(=O)OCC1c2ccccc2-c2ccccc21)C(=O)NCC(=O)N[C@@H](CSc1[nH]c2cc(NC(=O)OC(C)(C)C)ccc2c1C[C@H](NC(=O)OC(C)(C)C)C(=O)O)C(=O)OC(C)(C)C. The number of benzene rings is 3. The number of alkyl carbamates (subject to hydrolysis) is 2. The number of ether oxygens (including phenoxy) is 4. The number of amides is 6. The van der Waals surface area contributed by atoms with Crippen LogP contribution in [0.2, 0.25) is 0 Å². The highest BCUT2D eigenvalue weighted by Gasteiger charge is 2.33. The number of carbonyl (C=O) groups is 8. The van der Waals surface area contributed by atoms with E-state index in [-0.39, 0.29) is 24.7 Å². The highest BCUT2D eigenvalue weighted by atomic mass is 32.2. The lowest BCUT2D eigenvalue weighted by Gasteiger charge is -2.25. The molecular formula is C53H69N7O13S. The summed E-state index contributed by atoms with van der Waals surface area (Å²) >= 11 is 1.05. The fourth-order valence-electron chi connectivity index (χ4n) is 7.87. The van der Waals surface area contributed by atoms with Gasteiger partial charge in [0.15, 0.2) is 0 Å². The van der Waals surface area contributed by atoms with Gasteiger partial charge in [0.25, 0.3) is 0 Å². The number of hydrogen-bond donors (Lipinski definition) is 8. The number of anilines is 1. The number of carboxylic acid groups (broad SMARTS) is 1. The number of esters is 1. The van der Waals surface area contributed by atoms with Crippen LogP contribution in [0.1, 0.15) is 105 Å². The van der Waals surface area contributed by atoms with Crippen molar-refractivity contribution in [2.24, 2.45) is 5.92 Å². The third-order valence-electron chi connectivity index (χ3n) is 11.3. The fraction of sp³-hybridized carbons (Fsp3) is 0.472. The monoisotopic (exact) mass is 1040 g/mol. The van der Waals surface area contributed by atoms with E-state index in [9.17, 15) is 43.5 Å². The van der Waals surface area contributed by atoms with Gasteiger partial charge in [0.2, 0.25) is 17.7 Å². The Labute approximate surface area is 434 Å². The lowest BCUT2D eigenvalue weighted by molar-refractivity contribution is -0.157. The molecule has 0 fully saturated rings. The zero-order valence-corrected chi connectivity index (χ0v) is 44.6. The second kappa shape index (κ2) is 24.6. The van der Waals surface area contributed by atoms with Gasteiger partial charge in [0.1, 0.15) is 48.1 Å². The molecule has 74 heavy (non-hydrogen) atoms. The summed E-state index contributed by atoms with van der Waals surface area (Å²) in [7, 11) is 0. The first-order valence-corrected chi connectivity index (χ1v) is 25.3. The predicted molar refractivity (Wildman–Crippen MR) is 279 cm³/mol. The summed E-state index contributed by atoms with van der Waals surface area (Å²) in [6.45, 7) is 17.5. The Morgan fingerprint density at radius 2 is 1.26 bits per heavy atom. The van der Waals surface area contributed by atoms with Gasteiger partial charge in [-0.3, -0.25) is 19.7 Å². The van der Waals surface area contributed by atoms with E-state index in [1.165, 1.54) is 0 Å². The van der Waals surface area contributed by atoms with E-state index >= 15 is 0 Å². The summed E-state index contributed by atoms with van der Waals surface area (Å²) in [4.78, 5) is 108. The zero-order chi connectivity index (χ0) is 54.7. The highest BCUT2D eigenvalue weighted by molar-refractivity contribution is 7.99. The van der Waals surface area contributed by atoms with Gasteiger partial charge in [-0.2, -0.15) is 0 Å². The second-order valence-corrected chi connectivity index (χ2v) is 21.9. The minimum Gasteiger partial charge on any atom is -0.480 e. The van der Waals surface area contributed by atoms with E-state index in [1.54, 1.807) is 87.4 Å². The third-order valence-corrected chi connectivity index (χ3v) is 12.4. The molecule has 5 rings (SSSR count). The lowest BCUT2D eigenvalue weighted by atomic mass is 9.98. The molecule has 1 aliphatic rings. The number of nitrogens with one attached hydrogen (secondary N) is 7.